The number of carbonyl (C=O) groups excluding carboxylic acids is 1. The maximum atomic E-state index is 11.4. The molecular weight excluding hydrogens is 220 g/mol. The molecule has 0 aliphatic rings. The minimum atomic E-state index is -0.921. The lowest BCUT2D eigenvalue weighted by atomic mass is 10.2. The molecule has 0 heterocycles. The van der Waals surface area contributed by atoms with Gasteiger partial charge in [0.1, 0.15) is 6.07 Å². The Bertz CT molecular complexity index is 463. The van der Waals surface area contributed by atoms with Crippen molar-refractivity contribution < 1.29 is 14.7 Å². The van der Waals surface area contributed by atoms with Crippen molar-refractivity contribution in [2.75, 3.05) is 5.32 Å². The Hall–Kier alpha value is -2.35. The molecule has 1 aromatic rings. The van der Waals surface area contributed by atoms with E-state index in [4.69, 9.17) is 10.4 Å². The number of nitrogens with one attached hydrogen (secondary N) is 1. The van der Waals surface area contributed by atoms with E-state index in [2.05, 4.69) is 5.32 Å². The highest BCUT2D eigenvalue weighted by atomic mass is 16.4. The number of aliphatic carboxylic acids is 1. The molecule has 5 heteroatoms. The van der Waals surface area contributed by atoms with Gasteiger partial charge in [-0.25, -0.2) is 0 Å². The first-order chi connectivity index (χ1) is 8.13. The van der Waals surface area contributed by atoms with Crippen LogP contribution in [-0.4, -0.2) is 17.0 Å². The molecule has 0 unspecified atom stereocenters. The van der Waals surface area contributed by atoms with E-state index >= 15 is 0 Å². The maximum absolute atomic E-state index is 11.4. The van der Waals surface area contributed by atoms with E-state index in [1.165, 1.54) is 0 Å². The summed E-state index contributed by atoms with van der Waals surface area (Å²) < 4.78 is 0. The molecule has 0 fully saturated rings. The zero-order valence-corrected chi connectivity index (χ0v) is 9.14. The predicted molar refractivity (Wildman–Crippen MR) is 61.3 cm³/mol. The van der Waals surface area contributed by atoms with Crippen molar-refractivity contribution in [1.82, 2.24) is 0 Å². The molecule has 1 amide bonds. The van der Waals surface area contributed by atoms with Crippen LogP contribution in [0.1, 0.15) is 24.8 Å². The Balaban J connectivity index is 2.51. The Morgan fingerprint density at radius 1 is 1.29 bits per heavy atom. The number of hydrogen-bond donors (Lipinski definition) is 2. The molecule has 2 N–H and O–H groups in total. The molecule has 0 atom stereocenters. The number of nitriles is 1. The van der Waals surface area contributed by atoms with Crippen LogP contribution in [0.5, 0.6) is 0 Å². The number of amides is 1. The van der Waals surface area contributed by atoms with E-state index in [1.54, 1.807) is 24.3 Å². The molecule has 5 nitrogen and oxygen atoms in total. The van der Waals surface area contributed by atoms with Crippen molar-refractivity contribution in [3.8, 4) is 6.07 Å². The summed E-state index contributed by atoms with van der Waals surface area (Å²) in [5.74, 6) is -1.20. The van der Waals surface area contributed by atoms with Crippen molar-refractivity contribution in [2.45, 2.75) is 19.3 Å². The first kappa shape index (κ1) is 12.7. The predicted octanol–water partition coefficient (Wildman–Crippen LogP) is 1.75. The topological polar surface area (TPSA) is 90.2 Å². The van der Waals surface area contributed by atoms with Crippen LogP contribution in [0.15, 0.2) is 24.3 Å². The Labute approximate surface area is 98.7 Å². The Morgan fingerprint density at radius 2 is 2.00 bits per heavy atom. The van der Waals surface area contributed by atoms with Crippen LogP contribution < -0.4 is 5.32 Å². The van der Waals surface area contributed by atoms with Gasteiger partial charge in [0.05, 0.1) is 11.3 Å². The van der Waals surface area contributed by atoms with Gasteiger partial charge in [-0.3, -0.25) is 9.59 Å². The van der Waals surface area contributed by atoms with Crippen LogP contribution in [0.3, 0.4) is 0 Å². The van der Waals surface area contributed by atoms with Crippen LogP contribution in [-0.2, 0) is 9.59 Å². The van der Waals surface area contributed by atoms with Crippen LogP contribution in [0.4, 0.5) is 5.69 Å². The average Bonchev–Trinajstić information content (AvgIpc) is 2.29. The molecule has 0 aliphatic carbocycles. The third kappa shape index (κ3) is 4.34. The number of para-hydroxylation sites is 1. The first-order valence-corrected chi connectivity index (χ1v) is 5.14. The quantitative estimate of drug-likeness (QED) is 0.809. The largest absolute Gasteiger partial charge is 0.481 e. The van der Waals surface area contributed by atoms with Gasteiger partial charge in [-0.15, -0.1) is 0 Å². The monoisotopic (exact) mass is 232 g/mol. The summed E-state index contributed by atoms with van der Waals surface area (Å²) in [6.07, 6.45) is 0.384. The summed E-state index contributed by atoms with van der Waals surface area (Å²) in [6, 6.07) is 8.63. The number of carbonyl (C=O) groups is 2. The molecular formula is C12H12N2O3. The van der Waals surface area contributed by atoms with E-state index in [9.17, 15) is 9.59 Å². The highest BCUT2D eigenvalue weighted by Gasteiger charge is 2.06. The van der Waals surface area contributed by atoms with Gasteiger partial charge in [0.25, 0.3) is 0 Å². The van der Waals surface area contributed by atoms with E-state index in [1.807, 2.05) is 6.07 Å². The average molecular weight is 232 g/mol. The Morgan fingerprint density at radius 3 is 2.65 bits per heavy atom. The van der Waals surface area contributed by atoms with Crippen LogP contribution in [0.2, 0.25) is 0 Å². The number of rotatable bonds is 5. The van der Waals surface area contributed by atoms with Gasteiger partial charge >= 0.3 is 5.97 Å². The zero-order valence-electron chi connectivity index (χ0n) is 9.14. The summed E-state index contributed by atoms with van der Waals surface area (Å²) in [7, 11) is 0. The summed E-state index contributed by atoms with van der Waals surface area (Å²) in [6.45, 7) is 0. The van der Waals surface area contributed by atoms with Gasteiger partial charge in [-0.2, -0.15) is 5.26 Å². The molecule has 0 aromatic heterocycles. The number of nitrogens with zero attached hydrogens (tertiary/aromatic N) is 1. The summed E-state index contributed by atoms with van der Waals surface area (Å²) in [5.41, 5.74) is 0.842. The van der Waals surface area contributed by atoms with Crippen molar-refractivity contribution in [3.63, 3.8) is 0 Å². The van der Waals surface area contributed by atoms with Crippen LogP contribution in [0.25, 0.3) is 0 Å². The molecule has 0 radical (unpaired) electrons. The van der Waals surface area contributed by atoms with E-state index < -0.39 is 5.97 Å². The van der Waals surface area contributed by atoms with Gasteiger partial charge in [-0.1, -0.05) is 12.1 Å². The molecule has 0 bridgehead atoms. The fourth-order valence-corrected chi connectivity index (χ4v) is 1.30. The zero-order chi connectivity index (χ0) is 12.7. The maximum Gasteiger partial charge on any atom is 0.303 e. The van der Waals surface area contributed by atoms with E-state index in [0.717, 1.165) is 0 Å². The molecule has 0 spiro atoms. The molecule has 1 aromatic carbocycles. The van der Waals surface area contributed by atoms with Gasteiger partial charge in [0.15, 0.2) is 0 Å². The summed E-state index contributed by atoms with van der Waals surface area (Å²) >= 11 is 0. The number of carboxylic acids is 1. The van der Waals surface area contributed by atoms with Crippen LogP contribution >= 0.6 is 0 Å². The summed E-state index contributed by atoms with van der Waals surface area (Å²) in [4.78, 5) is 21.7. The second-order valence-electron chi connectivity index (χ2n) is 3.45. The number of anilines is 1. The lowest BCUT2D eigenvalue weighted by molar-refractivity contribution is -0.137. The second kappa shape index (κ2) is 6.28. The minimum absolute atomic E-state index is 0.0344. The standard InChI is InChI=1S/C12H12N2O3/c13-8-9-4-1-2-5-10(9)14-11(15)6-3-7-12(16)17/h1-2,4-5H,3,6-7H2,(H,14,15)(H,16,17). The molecule has 0 aliphatic heterocycles. The fourth-order valence-electron chi connectivity index (χ4n) is 1.30. The molecule has 0 saturated heterocycles. The lowest BCUT2D eigenvalue weighted by Crippen LogP contribution is -2.12. The lowest BCUT2D eigenvalue weighted by Gasteiger charge is -2.05. The number of carboxylic acid groups (broad SMARTS) is 1. The molecule has 88 valence electrons. The number of hydrogen-bond acceptors (Lipinski definition) is 3. The van der Waals surface area contributed by atoms with Gasteiger partial charge in [-0.05, 0) is 18.6 Å². The number of benzene rings is 1. The Kier molecular flexibility index (Phi) is 4.70. The van der Waals surface area contributed by atoms with Gasteiger partial charge in [0, 0.05) is 12.8 Å². The summed E-state index contributed by atoms with van der Waals surface area (Å²) in [5, 5.41) is 19.8. The highest BCUT2D eigenvalue weighted by Crippen LogP contribution is 2.14. The molecule has 1 rings (SSSR count). The highest BCUT2D eigenvalue weighted by molar-refractivity contribution is 5.92. The van der Waals surface area contributed by atoms with Crippen molar-refractivity contribution in [2.24, 2.45) is 0 Å². The second-order valence-corrected chi connectivity index (χ2v) is 3.45. The van der Waals surface area contributed by atoms with Crippen LogP contribution in [0, 0.1) is 11.3 Å². The van der Waals surface area contributed by atoms with Crippen molar-refractivity contribution in [1.29, 1.82) is 5.26 Å². The normalized spacial score (nSPS) is 9.35. The van der Waals surface area contributed by atoms with Crippen molar-refractivity contribution in [3.05, 3.63) is 29.8 Å². The van der Waals surface area contributed by atoms with Crippen molar-refractivity contribution >= 4 is 17.6 Å². The SMILES string of the molecule is N#Cc1ccccc1NC(=O)CCCC(=O)O. The first-order valence-electron chi connectivity index (χ1n) is 5.14. The van der Waals surface area contributed by atoms with Gasteiger partial charge < -0.3 is 10.4 Å². The molecule has 17 heavy (non-hydrogen) atoms. The van der Waals surface area contributed by atoms with E-state index in [-0.39, 0.29) is 25.2 Å². The van der Waals surface area contributed by atoms with Gasteiger partial charge in [0.2, 0.25) is 5.91 Å². The third-order valence-electron chi connectivity index (χ3n) is 2.12. The van der Waals surface area contributed by atoms with E-state index in [0.29, 0.717) is 11.3 Å². The minimum Gasteiger partial charge on any atom is -0.481 e. The molecule has 0 saturated carbocycles. The third-order valence-corrected chi connectivity index (χ3v) is 2.12. The fraction of sp³-hybridized carbons (Fsp3) is 0.250. The smallest absolute Gasteiger partial charge is 0.303 e.